The Bertz CT molecular complexity index is 691. The number of benzene rings is 1. The highest BCUT2D eigenvalue weighted by molar-refractivity contribution is 7.89. The normalized spacial score (nSPS) is 11.4. The molecule has 0 saturated heterocycles. The van der Waals surface area contributed by atoms with Gasteiger partial charge in [0.05, 0.1) is 4.90 Å². The summed E-state index contributed by atoms with van der Waals surface area (Å²) in [4.78, 5) is 11.6. The fourth-order valence-electron chi connectivity index (χ4n) is 1.75. The Kier molecular flexibility index (Phi) is 5.11. The third kappa shape index (κ3) is 4.66. The van der Waals surface area contributed by atoms with E-state index in [0.717, 1.165) is 10.4 Å². The maximum atomic E-state index is 12.1. The Morgan fingerprint density at radius 1 is 1.19 bits per heavy atom. The number of aryl methyl sites for hydroxylation is 1. The maximum Gasteiger partial charge on any atom is 0.303 e. The predicted molar refractivity (Wildman–Crippen MR) is 80.7 cm³/mol. The molecule has 21 heavy (non-hydrogen) atoms. The summed E-state index contributed by atoms with van der Waals surface area (Å²) in [6.45, 7) is 0.265. The molecule has 2 N–H and O–H groups in total. The van der Waals surface area contributed by atoms with Gasteiger partial charge in [-0.2, -0.15) is 0 Å². The second kappa shape index (κ2) is 6.84. The summed E-state index contributed by atoms with van der Waals surface area (Å²) in [6.07, 6.45) is 0.418. The van der Waals surface area contributed by atoms with E-state index >= 15 is 0 Å². The molecule has 2 rings (SSSR count). The Labute approximate surface area is 127 Å². The molecule has 0 radical (unpaired) electrons. The lowest BCUT2D eigenvalue weighted by atomic mass is 10.1. The van der Waals surface area contributed by atoms with Crippen LogP contribution in [0.25, 0.3) is 0 Å². The number of hydrogen-bond donors (Lipinski definition) is 2. The van der Waals surface area contributed by atoms with Gasteiger partial charge in [0.15, 0.2) is 0 Å². The lowest BCUT2D eigenvalue weighted by molar-refractivity contribution is -0.136. The van der Waals surface area contributed by atoms with E-state index < -0.39 is 16.0 Å². The number of rotatable bonds is 7. The van der Waals surface area contributed by atoms with Crippen molar-refractivity contribution in [2.24, 2.45) is 0 Å². The largest absolute Gasteiger partial charge is 0.481 e. The minimum Gasteiger partial charge on any atom is -0.481 e. The summed E-state index contributed by atoms with van der Waals surface area (Å²) >= 11 is 1.49. The van der Waals surface area contributed by atoms with Gasteiger partial charge in [-0.05, 0) is 35.6 Å². The van der Waals surface area contributed by atoms with Crippen LogP contribution in [0.1, 0.15) is 16.9 Å². The van der Waals surface area contributed by atoms with E-state index in [1.807, 2.05) is 17.5 Å². The smallest absolute Gasteiger partial charge is 0.303 e. The maximum absolute atomic E-state index is 12.1. The summed E-state index contributed by atoms with van der Waals surface area (Å²) in [5.74, 6) is -0.871. The van der Waals surface area contributed by atoms with Gasteiger partial charge in [-0.25, -0.2) is 13.1 Å². The van der Waals surface area contributed by atoms with E-state index in [4.69, 9.17) is 5.11 Å². The van der Waals surface area contributed by atoms with Crippen LogP contribution in [0.3, 0.4) is 0 Å². The van der Waals surface area contributed by atoms with E-state index in [0.29, 0.717) is 6.42 Å². The molecule has 0 atom stereocenters. The molecule has 0 fully saturated rings. The van der Waals surface area contributed by atoms with Crippen molar-refractivity contribution in [2.45, 2.75) is 24.3 Å². The second-order valence-corrected chi connectivity index (χ2v) is 7.24. The molecule has 5 nitrogen and oxygen atoms in total. The van der Waals surface area contributed by atoms with E-state index in [9.17, 15) is 13.2 Å². The first-order chi connectivity index (χ1) is 9.97. The van der Waals surface area contributed by atoms with Crippen molar-refractivity contribution in [1.82, 2.24) is 4.72 Å². The number of carbonyl (C=O) groups is 1. The lowest BCUT2D eigenvalue weighted by Gasteiger charge is -2.06. The van der Waals surface area contributed by atoms with Crippen molar-refractivity contribution in [2.75, 3.05) is 0 Å². The van der Waals surface area contributed by atoms with Crippen LogP contribution in [0.2, 0.25) is 0 Å². The number of carboxylic acid groups (broad SMARTS) is 1. The van der Waals surface area contributed by atoms with Crippen LogP contribution in [-0.4, -0.2) is 19.5 Å². The Morgan fingerprint density at radius 2 is 1.90 bits per heavy atom. The first-order valence-corrected chi connectivity index (χ1v) is 8.66. The third-order valence-electron chi connectivity index (χ3n) is 2.88. The average Bonchev–Trinajstić information content (AvgIpc) is 2.97. The zero-order valence-electron chi connectivity index (χ0n) is 11.2. The van der Waals surface area contributed by atoms with E-state index in [2.05, 4.69) is 4.72 Å². The molecule has 1 heterocycles. The number of carboxylic acids is 1. The van der Waals surface area contributed by atoms with E-state index in [-0.39, 0.29) is 17.9 Å². The topological polar surface area (TPSA) is 83.5 Å². The number of hydrogen-bond acceptors (Lipinski definition) is 4. The Morgan fingerprint density at radius 3 is 2.48 bits per heavy atom. The predicted octanol–water partition coefficient (Wildman–Crippen LogP) is 2.24. The number of thiophene rings is 1. The first kappa shape index (κ1) is 15.7. The highest BCUT2D eigenvalue weighted by Gasteiger charge is 2.13. The molecule has 0 saturated carbocycles. The van der Waals surface area contributed by atoms with Gasteiger partial charge >= 0.3 is 5.97 Å². The molecule has 0 unspecified atom stereocenters. The molecular formula is C14H15NO4S2. The highest BCUT2D eigenvalue weighted by Crippen LogP contribution is 2.14. The summed E-state index contributed by atoms with van der Waals surface area (Å²) in [5.41, 5.74) is 0.801. The Balaban J connectivity index is 2.01. The van der Waals surface area contributed by atoms with Gasteiger partial charge in [0.2, 0.25) is 10.0 Å². The summed E-state index contributed by atoms with van der Waals surface area (Å²) in [5, 5.41) is 10.5. The monoisotopic (exact) mass is 325 g/mol. The molecular weight excluding hydrogens is 310 g/mol. The van der Waals surface area contributed by atoms with Gasteiger partial charge in [0, 0.05) is 17.8 Å². The minimum absolute atomic E-state index is 0.0305. The molecule has 1 aromatic carbocycles. The molecule has 7 heteroatoms. The van der Waals surface area contributed by atoms with Crippen LogP contribution >= 0.6 is 11.3 Å². The van der Waals surface area contributed by atoms with Crippen molar-refractivity contribution in [3.63, 3.8) is 0 Å². The van der Waals surface area contributed by atoms with Crippen LogP contribution in [0.5, 0.6) is 0 Å². The molecule has 0 amide bonds. The molecule has 0 bridgehead atoms. The van der Waals surface area contributed by atoms with E-state index in [1.165, 1.54) is 23.5 Å². The van der Waals surface area contributed by atoms with Crippen molar-refractivity contribution in [3.05, 3.63) is 52.2 Å². The number of nitrogens with one attached hydrogen (secondary N) is 1. The van der Waals surface area contributed by atoms with Crippen LogP contribution in [0.4, 0.5) is 0 Å². The average molecular weight is 325 g/mol. The van der Waals surface area contributed by atoms with Crippen LogP contribution in [0, 0.1) is 0 Å². The van der Waals surface area contributed by atoms with E-state index in [1.54, 1.807) is 12.1 Å². The van der Waals surface area contributed by atoms with Gasteiger partial charge in [-0.1, -0.05) is 18.2 Å². The number of aliphatic carboxylic acids is 1. The molecule has 0 aliphatic heterocycles. The summed E-state index contributed by atoms with van der Waals surface area (Å²) in [6, 6.07) is 10.0. The fraction of sp³-hybridized carbons (Fsp3) is 0.214. The van der Waals surface area contributed by atoms with Gasteiger partial charge < -0.3 is 5.11 Å². The second-order valence-electron chi connectivity index (χ2n) is 4.44. The SMILES string of the molecule is O=C(O)CCc1ccc(S(=O)(=O)NCc2cccs2)cc1. The third-order valence-corrected chi connectivity index (χ3v) is 5.17. The van der Waals surface area contributed by atoms with Crippen LogP contribution in [-0.2, 0) is 27.8 Å². The lowest BCUT2D eigenvalue weighted by Crippen LogP contribution is -2.22. The summed E-state index contributed by atoms with van der Waals surface area (Å²) in [7, 11) is -3.54. The summed E-state index contributed by atoms with van der Waals surface area (Å²) < 4.78 is 26.7. The quantitative estimate of drug-likeness (QED) is 0.818. The van der Waals surface area contributed by atoms with Gasteiger partial charge in [-0.15, -0.1) is 11.3 Å². The highest BCUT2D eigenvalue weighted by atomic mass is 32.2. The number of sulfonamides is 1. The van der Waals surface area contributed by atoms with Gasteiger partial charge in [0.1, 0.15) is 0 Å². The molecule has 0 aliphatic rings. The van der Waals surface area contributed by atoms with Gasteiger partial charge in [-0.3, -0.25) is 4.79 Å². The first-order valence-electron chi connectivity index (χ1n) is 6.30. The fourth-order valence-corrected chi connectivity index (χ4v) is 3.49. The van der Waals surface area contributed by atoms with Gasteiger partial charge in [0.25, 0.3) is 0 Å². The Hall–Kier alpha value is -1.70. The van der Waals surface area contributed by atoms with Crippen molar-refractivity contribution in [3.8, 4) is 0 Å². The molecule has 2 aromatic rings. The molecule has 1 aromatic heterocycles. The molecule has 0 spiro atoms. The minimum atomic E-state index is -3.54. The van der Waals surface area contributed by atoms with Crippen molar-refractivity contribution in [1.29, 1.82) is 0 Å². The molecule has 112 valence electrons. The zero-order valence-corrected chi connectivity index (χ0v) is 12.8. The molecule has 0 aliphatic carbocycles. The van der Waals surface area contributed by atoms with Crippen LogP contribution < -0.4 is 4.72 Å². The van der Waals surface area contributed by atoms with Crippen molar-refractivity contribution >= 4 is 27.3 Å². The standard InChI is InChI=1S/C14H15NO4S2/c16-14(17)8-5-11-3-6-13(7-4-11)21(18,19)15-10-12-2-1-9-20-12/h1-4,6-7,9,15H,5,8,10H2,(H,16,17). The van der Waals surface area contributed by atoms with Crippen LogP contribution in [0.15, 0.2) is 46.7 Å². The van der Waals surface area contributed by atoms with Crippen molar-refractivity contribution < 1.29 is 18.3 Å². The zero-order chi connectivity index (χ0) is 15.3.